The fraction of sp³-hybridized carbons (Fsp3) is 0.250. The number of hydrogen-bond donors (Lipinski definition) is 3. The van der Waals surface area contributed by atoms with Crippen molar-refractivity contribution in [3.05, 3.63) is 46.7 Å². The number of H-pyrrole nitrogens is 1. The van der Waals surface area contributed by atoms with Crippen molar-refractivity contribution in [2.24, 2.45) is 5.73 Å². The number of aromatic nitrogens is 2. The highest BCUT2D eigenvalue weighted by atomic mass is 16.5. The molecule has 0 fully saturated rings. The van der Waals surface area contributed by atoms with Crippen molar-refractivity contribution >= 4 is 11.6 Å². The largest absolute Gasteiger partial charge is 0.492 e. The van der Waals surface area contributed by atoms with E-state index in [0.717, 1.165) is 11.3 Å². The molecule has 118 valence electrons. The Kier molecular flexibility index (Phi) is 2.84. The number of anilines is 1. The van der Waals surface area contributed by atoms with Crippen molar-refractivity contribution < 1.29 is 14.3 Å². The van der Waals surface area contributed by atoms with E-state index in [2.05, 4.69) is 15.3 Å². The molecule has 7 nitrogen and oxygen atoms in total. The van der Waals surface area contributed by atoms with Crippen molar-refractivity contribution in [3.8, 4) is 11.6 Å². The number of nitrogens with two attached hydrogens (primary N) is 1. The number of nitrogens with one attached hydrogen (secondary N) is 2. The third kappa shape index (κ3) is 1.89. The molecule has 4 rings (SSSR count). The summed E-state index contributed by atoms with van der Waals surface area (Å²) in [6.07, 6.45) is 0. The van der Waals surface area contributed by atoms with Gasteiger partial charge in [0.2, 0.25) is 11.8 Å². The van der Waals surface area contributed by atoms with E-state index < -0.39 is 0 Å². The van der Waals surface area contributed by atoms with Crippen LogP contribution in [0.2, 0.25) is 0 Å². The molecule has 0 saturated heterocycles. The average Bonchev–Trinajstić information content (AvgIpc) is 2.88. The molecular formula is C16H16N4O3. The molecule has 1 amide bonds. The van der Waals surface area contributed by atoms with E-state index in [-0.39, 0.29) is 17.7 Å². The molecule has 4 N–H and O–H groups in total. The molecule has 1 aromatic heterocycles. The maximum Gasteiger partial charge on any atom is 0.258 e. The topological polar surface area (TPSA) is 102 Å². The van der Waals surface area contributed by atoms with Crippen LogP contribution in [-0.4, -0.2) is 22.5 Å². The summed E-state index contributed by atoms with van der Waals surface area (Å²) in [4.78, 5) is 20.0. The number of aromatic amines is 1. The predicted molar refractivity (Wildman–Crippen MR) is 83.2 cm³/mol. The van der Waals surface area contributed by atoms with E-state index in [0.29, 0.717) is 35.3 Å². The van der Waals surface area contributed by atoms with E-state index in [1.807, 2.05) is 32.0 Å². The fourth-order valence-electron chi connectivity index (χ4n) is 3.14. The zero-order valence-corrected chi connectivity index (χ0v) is 12.8. The zero-order valence-electron chi connectivity index (χ0n) is 12.8. The smallest absolute Gasteiger partial charge is 0.258 e. The first-order chi connectivity index (χ1) is 11.1. The lowest BCUT2D eigenvalue weighted by Crippen LogP contribution is -2.34. The van der Waals surface area contributed by atoms with Gasteiger partial charge in [0.25, 0.3) is 5.91 Å². The lowest BCUT2D eigenvalue weighted by Gasteiger charge is -2.32. The van der Waals surface area contributed by atoms with Gasteiger partial charge in [0.1, 0.15) is 11.6 Å². The Morgan fingerprint density at radius 2 is 2.26 bits per heavy atom. The highest BCUT2D eigenvalue weighted by molar-refractivity contribution is 6.10. The summed E-state index contributed by atoms with van der Waals surface area (Å²) in [7, 11) is 0. The minimum atomic E-state index is -0.343. The van der Waals surface area contributed by atoms with Crippen LogP contribution in [0, 0.1) is 6.92 Å². The number of hydrogen-bond acceptors (Lipinski definition) is 5. The maximum atomic E-state index is 12.6. The number of ether oxygens (including phenoxy) is 2. The van der Waals surface area contributed by atoms with Gasteiger partial charge in [0, 0.05) is 0 Å². The van der Waals surface area contributed by atoms with Gasteiger partial charge in [-0.2, -0.15) is 4.98 Å². The van der Waals surface area contributed by atoms with Crippen LogP contribution in [0.15, 0.2) is 29.7 Å². The van der Waals surface area contributed by atoms with Crippen molar-refractivity contribution in [3.63, 3.8) is 0 Å². The summed E-state index contributed by atoms with van der Waals surface area (Å²) in [5.41, 5.74) is 8.66. The van der Waals surface area contributed by atoms with Gasteiger partial charge in [-0.05, 0) is 25.5 Å². The van der Waals surface area contributed by atoms with Crippen molar-refractivity contribution in [1.82, 2.24) is 9.97 Å². The van der Waals surface area contributed by atoms with Crippen LogP contribution < -0.4 is 20.5 Å². The fourth-order valence-corrected chi connectivity index (χ4v) is 3.14. The molecule has 1 unspecified atom stereocenters. The van der Waals surface area contributed by atoms with Gasteiger partial charge >= 0.3 is 0 Å². The van der Waals surface area contributed by atoms with Crippen LogP contribution in [0.3, 0.4) is 0 Å². The number of para-hydroxylation sites is 1. The van der Waals surface area contributed by atoms with E-state index >= 15 is 0 Å². The maximum absolute atomic E-state index is 12.6. The van der Waals surface area contributed by atoms with Gasteiger partial charge < -0.3 is 25.5 Å². The van der Waals surface area contributed by atoms with Crippen LogP contribution in [0.1, 0.15) is 29.9 Å². The Morgan fingerprint density at radius 3 is 3.04 bits per heavy atom. The molecule has 0 radical (unpaired) electrons. The number of carbonyl (C=O) groups excluding carboxylic acids is 1. The molecule has 1 atom stereocenters. The summed E-state index contributed by atoms with van der Waals surface area (Å²) < 4.78 is 11.1. The van der Waals surface area contributed by atoms with Gasteiger partial charge in [-0.15, -0.1) is 0 Å². The van der Waals surface area contributed by atoms with Crippen molar-refractivity contribution in [2.45, 2.75) is 19.8 Å². The first kappa shape index (κ1) is 13.7. The predicted octanol–water partition coefficient (Wildman–Crippen LogP) is 1.76. The normalized spacial score (nSPS) is 18.5. The number of imidazole rings is 1. The average molecular weight is 312 g/mol. The number of benzene rings is 1. The second kappa shape index (κ2) is 4.77. The quantitative estimate of drug-likeness (QED) is 0.784. The summed E-state index contributed by atoms with van der Waals surface area (Å²) in [6.45, 7) is 4.25. The monoisotopic (exact) mass is 312 g/mol. The number of aryl methyl sites for hydroxylation is 1. The Hall–Kier alpha value is -2.96. The minimum Gasteiger partial charge on any atom is -0.492 e. The van der Waals surface area contributed by atoms with Crippen molar-refractivity contribution in [2.75, 3.05) is 11.9 Å². The van der Waals surface area contributed by atoms with Gasteiger partial charge in [0.05, 0.1) is 29.5 Å². The molecule has 23 heavy (non-hydrogen) atoms. The molecule has 0 spiro atoms. The number of amides is 1. The van der Waals surface area contributed by atoms with E-state index in [1.165, 1.54) is 0 Å². The van der Waals surface area contributed by atoms with E-state index in [4.69, 9.17) is 15.2 Å². The summed E-state index contributed by atoms with van der Waals surface area (Å²) >= 11 is 0. The minimum absolute atomic E-state index is 0.0824. The summed E-state index contributed by atoms with van der Waals surface area (Å²) in [6, 6.07) is 5.67. The summed E-state index contributed by atoms with van der Waals surface area (Å²) in [5.74, 6) is 1.21. The van der Waals surface area contributed by atoms with Crippen LogP contribution in [-0.2, 0) is 4.79 Å². The molecule has 0 saturated carbocycles. The Bertz CT molecular complexity index is 853. The van der Waals surface area contributed by atoms with Gasteiger partial charge in [0.15, 0.2) is 0 Å². The number of fused-ring (bicyclic) bond motifs is 5. The molecular weight excluding hydrogens is 296 g/mol. The van der Waals surface area contributed by atoms with Gasteiger partial charge in [-0.25, -0.2) is 0 Å². The Labute approximate surface area is 132 Å². The lowest BCUT2D eigenvalue weighted by molar-refractivity contribution is -0.113. The number of carbonyl (C=O) groups is 1. The van der Waals surface area contributed by atoms with Crippen LogP contribution >= 0.6 is 0 Å². The summed E-state index contributed by atoms with van der Waals surface area (Å²) in [5, 5.41) is 2.86. The van der Waals surface area contributed by atoms with E-state index in [9.17, 15) is 4.79 Å². The standard InChI is InChI=1S/C16H16N4O3/c1-3-22-9-6-4-5-8-10-11(15(21)20-12(8)9)14(17)23-16-13(10)18-7(2)19-16/h4-6,10H,3,17H2,1-2H3,(H,18,19)(H,20,21). The molecule has 0 bridgehead atoms. The Morgan fingerprint density at radius 1 is 1.43 bits per heavy atom. The van der Waals surface area contributed by atoms with E-state index in [1.54, 1.807) is 0 Å². The van der Waals surface area contributed by atoms with Gasteiger partial charge in [-0.1, -0.05) is 12.1 Å². The van der Waals surface area contributed by atoms with Crippen LogP contribution in [0.25, 0.3) is 0 Å². The molecule has 2 aliphatic rings. The molecule has 2 aliphatic heterocycles. The number of nitrogens with zero attached hydrogens (tertiary/aromatic N) is 1. The molecule has 0 aliphatic carbocycles. The third-order valence-corrected chi connectivity index (χ3v) is 4.02. The first-order valence-electron chi connectivity index (χ1n) is 7.41. The lowest BCUT2D eigenvalue weighted by atomic mass is 9.82. The SMILES string of the molecule is CCOc1cccc2c1NC(=O)C1=C(N)Oc3nc(C)[nH]c3C12. The second-order valence-corrected chi connectivity index (χ2v) is 5.46. The van der Waals surface area contributed by atoms with Crippen LogP contribution in [0.5, 0.6) is 11.6 Å². The van der Waals surface area contributed by atoms with Gasteiger partial charge in [-0.3, -0.25) is 4.79 Å². The van der Waals surface area contributed by atoms with Crippen LogP contribution in [0.4, 0.5) is 5.69 Å². The van der Waals surface area contributed by atoms with Crippen molar-refractivity contribution in [1.29, 1.82) is 0 Å². The first-order valence-corrected chi connectivity index (χ1v) is 7.41. The second-order valence-electron chi connectivity index (χ2n) is 5.46. The molecule has 2 aromatic rings. The number of rotatable bonds is 2. The highest BCUT2D eigenvalue weighted by Gasteiger charge is 2.41. The molecule has 3 heterocycles. The molecule has 7 heteroatoms. The Balaban J connectivity index is 1.97. The third-order valence-electron chi connectivity index (χ3n) is 4.02. The molecule has 1 aromatic carbocycles. The zero-order chi connectivity index (χ0) is 16.1. The highest BCUT2D eigenvalue weighted by Crippen LogP contribution is 2.48.